The molecule has 0 bridgehead atoms. The third-order valence-corrected chi connectivity index (χ3v) is 7.64. The van der Waals surface area contributed by atoms with E-state index in [1.807, 2.05) is 24.3 Å². The average Bonchev–Trinajstić information content (AvgIpc) is 2.98. The Morgan fingerprint density at radius 2 is 1.61 bits per heavy atom. The van der Waals surface area contributed by atoms with Crippen molar-refractivity contribution < 1.29 is 19.5 Å². The summed E-state index contributed by atoms with van der Waals surface area (Å²) < 4.78 is 6.00. The van der Waals surface area contributed by atoms with Crippen molar-refractivity contribution in [2.24, 2.45) is 11.5 Å². The quantitative estimate of drug-likeness (QED) is 0.157. The number of piperazine rings is 1. The van der Waals surface area contributed by atoms with Gasteiger partial charge in [-0.1, -0.05) is 60.1 Å². The smallest absolute Gasteiger partial charge is 0.338 e. The summed E-state index contributed by atoms with van der Waals surface area (Å²) in [5.74, 6) is -0.0677. The Labute approximate surface area is 246 Å². The summed E-state index contributed by atoms with van der Waals surface area (Å²) in [6, 6.07) is 23.4. The number of carbonyl (C=O) groups is 2. The molecule has 1 atom stereocenters. The third-order valence-electron chi connectivity index (χ3n) is 7.39. The highest BCUT2D eigenvalue weighted by atomic mass is 35.5. The first kappa shape index (κ1) is 30.3. The van der Waals surface area contributed by atoms with E-state index in [9.17, 15) is 14.8 Å². The molecule has 3 aromatic carbocycles. The fourth-order valence-corrected chi connectivity index (χ4v) is 5.30. The van der Waals surface area contributed by atoms with Crippen LogP contribution < -0.4 is 16.2 Å². The lowest BCUT2D eigenvalue weighted by Gasteiger charge is -2.39. The summed E-state index contributed by atoms with van der Waals surface area (Å²) in [5.41, 5.74) is 14.4. The molecule has 1 aliphatic heterocycles. The molecule has 1 aliphatic rings. The number of halogens is 1. The fraction of sp³-hybridized carbons (Fsp3) is 0.355. The molecule has 0 radical (unpaired) electrons. The maximum absolute atomic E-state index is 12.1. The number of hydrogen-bond donors (Lipinski definition) is 3. The van der Waals surface area contributed by atoms with E-state index in [2.05, 4.69) is 46.2 Å². The Kier molecular flexibility index (Phi) is 11.0. The molecule has 1 fully saturated rings. The van der Waals surface area contributed by atoms with Gasteiger partial charge in [0.25, 0.3) is 5.91 Å². The van der Waals surface area contributed by atoms with Gasteiger partial charge in [-0.15, -0.1) is 0 Å². The van der Waals surface area contributed by atoms with Crippen LogP contribution in [-0.4, -0.2) is 77.9 Å². The average molecular weight is 580 g/mol. The van der Waals surface area contributed by atoms with Gasteiger partial charge in [0.05, 0.1) is 18.2 Å². The van der Waals surface area contributed by atoms with E-state index in [0.29, 0.717) is 42.2 Å². The lowest BCUT2D eigenvalue weighted by molar-refractivity contribution is -0.0402. The van der Waals surface area contributed by atoms with Gasteiger partial charge < -0.3 is 16.2 Å². The SMILES string of the molecule is NC(=O)c1cc(CCCCN(O)C(N)=O)ccc1OCCN1CCN([C@H](c2ccccc2)c2ccc(Cl)cc2)CC1. The molecule has 3 amide bonds. The lowest BCUT2D eigenvalue weighted by atomic mass is 9.96. The van der Waals surface area contributed by atoms with Gasteiger partial charge in [0.2, 0.25) is 0 Å². The minimum absolute atomic E-state index is 0.154. The molecule has 4 rings (SSSR count). The van der Waals surface area contributed by atoms with Crippen LogP contribution in [0.2, 0.25) is 5.02 Å². The van der Waals surface area contributed by atoms with Crippen LogP contribution in [0.25, 0.3) is 0 Å². The number of ether oxygens (including phenoxy) is 1. The van der Waals surface area contributed by atoms with Gasteiger partial charge in [-0.3, -0.25) is 19.8 Å². The molecule has 41 heavy (non-hydrogen) atoms. The second kappa shape index (κ2) is 14.8. The van der Waals surface area contributed by atoms with Gasteiger partial charge in [-0.25, -0.2) is 9.86 Å². The predicted molar refractivity (Wildman–Crippen MR) is 159 cm³/mol. The summed E-state index contributed by atoms with van der Waals surface area (Å²) in [4.78, 5) is 27.9. The second-order valence-electron chi connectivity index (χ2n) is 10.2. The van der Waals surface area contributed by atoms with E-state index in [0.717, 1.165) is 43.3 Å². The standard InChI is InChI=1S/C31H38ClN5O4/c32-26-12-10-25(11-13-26)29(24-7-2-1-3-8-24)36-18-16-35(17-19-36)20-21-41-28-14-9-23(22-27(28)30(33)38)6-4-5-15-37(40)31(34)39/h1-3,7-14,22,29,40H,4-6,15-21H2,(H2,33,38)(H2,34,39)/t29-/m1/s1. The van der Waals surface area contributed by atoms with Crippen molar-refractivity contribution in [3.8, 4) is 5.75 Å². The maximum Gasteiger partial charge on any atom is 0.338 e. The van der Waals surface area contributed by atoms with Crippen molar-refractivity contribution >= 4 is 23.5 Å². The molecule has 5 N–H and O–H groups in total. The second-order valence-corrected chi connectivity index (χ2v) is 10.6. The molecule has 0 unspecified atom stereocenters. The van der Waals surface area contributed by atoms with E-state index in [4.69, 9.17) is 27.8 Å². The molecular weight excluding hydrogens is 542 g/mol. The number of urea groups is 1. The Bertz CT molecular complexity index is 1280. The zero-order valence-electron chi connectivity index (χ0n) is 23.1. The van der Waals surface area contributed by atoms with Crippen molar-refractivity contribution in [1.82, 2.24) is 14.9 Å². The number of hydrogen-bond acceptors (Lipinski definition) is 6. The molecule has 0 aliphatic carbocycles. The van der Waals surface area contributed by atoms with E-state index >= 15 is 0 Å². The van der Waals surface area contributed by atoms with Crippen LogP contribution in [0.3, 0.4) is 0 Å². The van der Waals surface area contributed by atoms with E-state index in [-0.39, 0.29) is 12.6 Å². The largest absolute Gasteiger partial charge is 0.491 e. The number of rotatable bonds is 13. The van der Waals surface area contributed by atoms with Crippen LogP contribution in [-0.2, 0) is 6.42 Å². The number of primary amides is 2. The molecule has 218 valence electrons. The first-order valence-electron chi connectivity index (χ1n) is 13.9. The van der Waals surface area contributed by atoms with Crippen LogP contribution in [0.1, 0.15) is 45.9 Å². The number of amides is 3. The Morgan fingerprint density at radius 1 is 0.927 bits per heavy atom. The van der Waals surface area contributed by atoms with Gasteiger partial charge >= 0.3 is 6.03 Å². The van der Waals surface area contributed by atoms with Crippen molar-refractivity contribution in [3.05, 3.63) is 100 Å². The van der Waals surface area contributed by atoms with Crippen LogP contribution in [0.4, 0.5) is 4.79 Å². The Hall–Kier alpha value is -3.63. The highest BCUT2D eigenvalue weighted by Gasteiger charge is 2.26. The molecule has 0 aromatic heterocycles. The topological polar surface area (TPSA) is 125 Å². The minimum Gasteiger partial charge on any atom is -0.491 e. The fourth-order valence-electron chi connectivity index (χ4n) is 5.18. The van der Waals surface area contributed by atoms with Gasteiger partial charge in [-0.2, -0.15) is 0 Å². The van der Waals surface area contributed by atoms with Gasteiger partial charge in [-0.05, 0) is 60.2 Å². The van der Waals surface area contributed by atoms with Crippen LogP contribution in [0.5, 0.6) is 5.75 Å². The lowest BCUT2D eigenvalue weighted by Crippen LogP contribution is -2.48. The summed E-state index contributed by atoms with van der Waals surface area (Å²) >= 11 is 6.16. The number of hydroxylamine groups is 2. The van der Waals surface area contributed by atoms with Crippen molar-refractivity contribution in [1.29, 1.82) is 0 Å². The first-order chi connectivity index (χ1) is 19.8. The molecule has 3 aromatic rings. The molecule has 9 nitrogen and oxygen atoms in total. The molecule has 0 spiro atoms. The molecule has 0 saturated carbocycles. The van der Waals surface area contributed by atoms with Crippen molar-refractivity contribution in [3.63, 3.8) is 0 Å². The number of nitrogens with zero attached hydrogens (tertiary/aromatic N) is 3. The van der Waals surface area contributed by atoms with Crippen LogP contribution >= 0.6 is 11.6 Å². The zero-order chi connectivity index (χ0) is 29.2. The van der Waals surface area contributed by atoms with Gasteiger partial charge in [0.15, 0.2) is 0 Å². The summed E-state index contributed by atoms with van der Waals surface area (Å²) in [6.07, 6.45) is 1.94. The first-order valence-corrected chi connectivity index (χ1v) is 14.3. The van der Waals surface area contributed by atoms with Crippen molar-refractivity contribution in [2.45, 2.75) is 25.3 Å². The van der Waals surface area contributed by atoms with E-state index in [1.54, 1.807) is 12.1 Å². The number of benzene rings is 3. The number of nitrogens with two attached hydrogens (primary N) is 2. The highest BCUT2D eigenvalue weighted by molar-refractivity contribution is 6.30. The Balaban J connectivity index is 1.28. The van der Waals surface area contributed by atoms with E-state index < -0.39 is 11.9 Å². The number of carbonyl (C=O) groups excluding carboxylic acids is 2. The summed E-state index contributed by atoms with van der Waals surface area (Å²) in [7, 11) is 0. The van der Waals surface area contributed by atoms with Gasteiger partial charge in [0.1, 0.15) is 12.4 Å². The summed E-state index contributed by atoms with van der Waals surface area (Å²) in [5, 5.41) is 10.6. The van der Waals surface area contributed by atoms with Gasteiger partial charge in [0, 0.05) is 37.7 Å². The third kappa shape index (κ3) is 8.68. The number of unbranched alkanes of at least 4 members (excludes halogenated alkanes) is 1. The molecule has 1 saturated heterocycles. The van der Waals surface area contributed by atoms with E-state index in [1.165, 1.54) is 11.1 Å². The summed E-state index contributed by atoms with van der Waals surface area (Å²) in [6.45, 7) is 4.97. The monoisotopic (exact) mass is 579 g/mol. The Morgan fingerprint density at radius 3 is 2.27 bits per heavy atom. The van der Waals surface area contributed by atoms with Crippen LogP contribution in [0.15, 0.2) is 72.8 Å². The normalized spacial score (nSPS) is 14.9. The molecular formula is C31H38ClN5O4. The molecule has 1 heterocycles. The molecule has 10 heteroatoms. The number of aryl methyl sites for hydroxylation is 1. The maximum atomic E-state index is 12.1. The van der Waals surface area contributed by atoms with Crippen molar-refractivity contribution in [2.75, 3.05) is 45.9 Å². The highest BCUT2D eigenvalue weighted by Crippen LogP contribution is 2.30. The zero-order valence-corrected chi connectivity index (χ0v) is 23.9. The predicted octanol–water partition coefficient (Wildman–Crippen LogP) is 4.32. The van der Waals surface area contributed by atoms with Crippen LogP contribution in [0, 0.1) is 0 Å². The minimum atomic E-state index is -0.876.